The van der Waals surface area contributed by atoms with Crippen LogP contribution in [0.4, 0.5) is 0 Å². The predicted molar refractivity (Wildman–Crippen MR) is 129 cm³/mol. The summed E-state index contributed by atoms with van der Waals surface area (Å²) < 4.78 is 3.24. The molecular formula is C24H22ClN7O2. The minimum absolute atomic E-state index is 0.201. The average Bonchev–Trinajstić information content (AvgIpc) is 3.44. The van der Waals surface area contributed by atoms with Crippen LogP contribution in [0.3, 0.4) is 0 Å². The summed E-state index contributed by atoms with van der Waals surface area (Å²) in [5, 5.41) is 8.97. The molecule has 0 spiro atoms. The van der Waals surface area contributed by atoms with E-state index in [4.69, 9.17) is 11.6 Å². The number of hydrogen-bond acceptors (Lipinski definition) is 5. The number of benzene rings is 1. The van der Waals surface area contributed by atoms with Crippen molar-refractivity contribution in [2.75, 3.05) is 0 Å². The van der Waals surface area contributed by atoms with Crippen LogP contribution in [0.25, 0.3) is 16.4 Å². The molecule has 0 aliphatic rings. The van der Waals surface area contributed by atoms with E-state index < -0.39 is 6.04 Å². The number of aryl methyl sites for hydroxylation is 2. The van der Waals surface area contributed by atoms with Gasteiger partial charge in [0.15, 0.2) is 5.65 Å². The van der Waals surface area contributed by atoms with E-state index in [9.17, 15) is 9.59 Å². The number of halogens is 1. The molecule has 0 radical (unpaired) electrons. The molecular weight excluding hydrogens is 454 g/mol. The standard InChI is InChI=1S/C24H22ClN7O2/c1-14(29-23(33)20-15(2)30-32-9-4-8-27-22(20)32)19-11-16-5-3-6-18(25)21(16)24(34)31(19)10-7-17-12-26-13-28-17/h3-6,8-9,11-14H,7,10H2,1-2H3,(H,26,28)(H,29,33)/t14-/m0/s1. The number of aromatic amines is 1. The predicted octanol–water partition coefficient (Wildman–Crippen LogP) is 3.46. The lowest BCUT2D eigenvalue weighted by Crippen LogP contribution is -2.33. The number of fused-ring (bicyclic) bond motifs is 2. The molecule has 2 N–H and O–H groups in total. The lowest BCUT2D eigenvalue weighted by Gasteiger charge is -2.21. The molecule has 10 heteroatoms. The van der Waals surface area contributed by atoms with Crippen LogP contribution >= 0.6 is 11.6 Å². The van der Waals surface area contributed by atoms with E-state index in [-0.39, 0.29) is 11.5 Å². The zero-order valence-electron chi connectivity index (χ0n) is 18.6. The van der Waals surface area contributed by atoms with Gasteiger partial charge in [-0.05, 0) is 37.4 Å². The molecule has 0 aliphatic heterocycles. The molecule has 0 fully saturated rings. The molecule has 9 nitrogen and oxygen atoms in total. The van der Waals surface area contributed by atoms with Gasteiger partial charge in [0.25, 0.3) is 11.5 Å². The molecule has 0 aliphatic carbocycles. The highest BCUT2D eigenvalue weighted by molar-refractivity contribution is 6.35. The molecule has 1 atom stereocenters. The second-order valence-electron chi connectivity index (χ2n) is 8.10. The Kier molecular flexibility index (Phi) is 5.62. The summed E-state index contributed by atoms with van der Waals surface area (Å²) in [6.07, 6.45) is 7.27. The Morgan fingerprint density at radius 3 is 2.94 bits per heavy atom. The molecule has 0 unspecified atom stereocenters. The first-order valence-corrected chi connectivity index (χ1v) is 11.2. The van der Waals surface area contributed by atoms with Crippen LogP contribution in [0.15, 0.2) is 60.0 Å². The third-order valence-corrected chi connectivity index (χ3v) is 6.18. The zero-order chi connectivity index (χ0) is 23.8. The summed E-state index contributed by atoms with van der Waals surface area (Å²) in [5.41, 5.74) is 2.84. The summed E-state index contributed by atoms with van der Waals surface area (Å²) >= 11 is 6.38. The molecule has 4 aromatic heterocycles. The summed E-state index contributed by atoms with van der Waals surface area (Å²) in [6.45, 7) is 4.02. The van der Waals surface area contributed by atoms with E-state index in [1.54, 1.807) is 59.1 Å². The Bertz CT molecular complexity index is 1570. The maximum atomic E-state index is 13.5. The maximum Gasteiger partial charge on any atom is 0.260 e. The van der Waals surface area contributed by atoms with Gasteiger partial charge in [-0.2, -0.15) is 5.10 Å². The summed E-state index contributed by atoms with van der Waals surface area (Å²) in [5.74, 6) is -0.308. The van der Waals surface area contributed by atoms with E-state index in [1.807, 2.05) is 19.1 Å². The summed E-state index contributed by atoms with van der Waals surface area (Å²) in [7, 11) is 0. The lowest BCUT2D eigenvalue weighted by atomic mass is 10.1. The van der Waals surface area contributed by atoms with Gasteiger partial charge in [0, 0.05) is 42.9 Å². The molecule has 4 heterocycles. The quantitative estimate of drug-likeness (QED) is 0.391. The largest absolute Gasteiger partial charge is 0.348 e. The van der Waals surface area contributed by atoms with Crippen molar-refractivity contribution >= 4 is 33.9 Å². The van der Waals surface area contributed by atoms with Gasteiger partial charge in [-0.15, -0.1) is 0 Å². The molecule has 5 aromatic rings. The molecule has 1 amide bonds. The van der Waals surface area contributed by atoms with E-state index in [0.717, 1.165) is 11.1 Å². The van der Waals surface area contributed by atoms with Crippen LogP contribution < -0.4 is 10.9 Å². The van der Waals surface area contributed by atoms with Gasteiger partial charge < -0.3 is 14.9 Å². The highest BCUT2D eigenvalue weighted by Gasteiger charge is 2.23. The first-order valence-electron chi connectivity index (χ1n) is 10.8. The fourth-order valence-electron chi connectivity index (χ4n) is 4.22. The summed E-state index contributed by atoms with van der Waals surface area (Å²) in [6, 6.07) is 8.54. The van der Waals surface area contributed by atoms with Crippen LogP contribution in [0.2, 0.25) is 5.02 Å². The lowest BCUT2D eigenvalue weighted by molar-refractivity contribution is 0.0939. The monoisotopic (exact) mass is 475 g/mol. The van der Waals surface area contributed by atoms with Crippen molar-refractivity contribution in [2.45, 2.75) is 32.9 Å². The van der Waals surface area contributed by atoms with Gasteiger partial charge >= 0.3 is 0 Å². The number of carbonyl (C=O) groups excluding carboxylic acids is 1. The Hall–Kier alpha value is -3.98. The second-order valence-corrected chi connectivity index (χ2v) is 8.51. The molecule has 0 saturated carbocycles. The van der Waals surface area contributed by atoms with Crippen LogP contribution in [0.1, 0.15) is 40.4 Å². The van der Waals surface area contributed by atoms with Crippen molar-refractivity contribution < 1.29 is 4.79 Å². The van der Waals surface area contributed by atoms with Crippen molar-refractivity contribution in [3.05, 3.63) is 93.3 Å². The molecule has 0 bridgehead atoms. The van der Waals surface area contributed by atoms with Crippen LogP contribution in [0, 0.1) is 6.92 Å². The molecule has 0 saturated heterocycles. The highest BCUT2D eigenvalue weighted by atomic mass is 35.5. The number of aromatic nitrogens is 6. The van der Waals surface area contributed by atoms with E-state index in [0.29, 0.717) is 46.0 Å². The molecule has 34 heavy (non-hydrogen) atoms. The van der Waals surface area contributed by atoms with Crippen LogP contribution in [-0.2, 0) is 13.0 Å². The van der Waals surface area contributed by atoms with Crippen molar-refractivity contribution in [2.24, 2.45) is 0 Å². The van der Waals surface area contributed by atoms with E-state index >= 15 is 0 Å². The normalized spacial score (nSPS) is 12.3. The molecule has 5 rings (SSSR count). The van der Waals surface area contributed by atoms with Gasteiger partial charge in [-0.25, -0.2) is 14.5 Å². The number of nitrogens with one attached hydrogen (secondary N) is 2. The number of pyridine rings is 1. The highest BCUT2D eigenvalue weighted by Crippen LogP contribution is 2.24. The molecule has 1 aromatic carbocycles. The number of amides is 1. The van der Waals surface area contributed by atoms with Crippen molar-refractivity contribution in [1.29, 1.82) is 0 Å². The molecule has 172 valence electrons. The third kappa shape index (κ3) is 3.84. The van der Waals surface area contributed by atoms with Gasteiger partial charge in [-0.1, -0.05) is 23.7 Å². The average molecular weight is 476 g/mol. The number of H-pyrrole nitrogens is 1. The Labute approximate surface area is 199 Å². The third-order valence-electron chi connectivity index (χ3n) is 5.87. The minimum atomic E-state index is -0.469. The zero-order valence-corrected chi connectivity index (χ0v) is 19.4. The first kappa shape index (κ1) is 21.8. The fraction of sp³-hybridized carbons (Fsp3) is 0.208. The SMILES string of the molecule is Cc1nn2cccnc2c1C(=O)N[C@@H](C)c1cc2cccc(Cl)c2c(=O)n1CCc1cnc[nH]1. The van der Waals surface area contributed by atoms with Crippen LogP contribution in [0.5, 0.6) is 0 Å². The number of carbonyl (C=O) groups is 1. The smallest absolute Gasteiger partial charge is 0.260 e. The second kappa shape index (κ2) is 8.75. The van der Waals surface area contributed by atoms with Gasteiger partial charge in [0.05, 0.1) is 28.5 Å². The Morgan fingerprint density at radius 1 is 1.29 bits per heavy atom. The van der Waals surface area contributed by atoms with Crippen molar-refractivity contribution in [3.63, 3.8) is 0 Å². The number of hydrogen-bond donors (Lipinski definition) is 2. The fourth-order valence-corrected chi connectivity index (χ4v) is 4.49. The first-order chi connectivity index (χ1) is 16.4. The van der Waals surface area contributed by atoms with Crippen molar-refractivity contribution in [3.8, 4) is 0 Å². The van der Waals surface area contributed by atoms with Crippen molar-refractivity contribution in [1.82, 2.24) is 34.4 Å². The number of nitrogens with zero attached hydrogens (tertiary/aromatic N) is 5. The number of rotatable bonds is 6. The topological polar surface area (TPSA) is 110 Å². The van der Waals surface area contributed by atoms with E-state index in [2.05, 4.69) is 25.4 Å². The van der Waals surface area contributed by atoms with E-state index in [1.165, 1.54) is 0 Å². The van der Waals surface area contributed by atoms with Gasteiger partial charge in [0.2, 0.25) is 0 Å². The number of imidazole rings is 1. The Morgan fingerprint density at radius 2 is 2.15 bits per heavy atom. The summed E-state index contributed by atoms with van der Waals surface area (Å²) in [4.78, 5) is 38.2. The maximum absolute atomic E-state index is 13.5. The van der Waals surface area contributed by atoms with Crippen LogP contribution in [-0.4, -0.2) is 35.0 Å². The van der Waals surface area contributed by atoms with Gasteiger partial charge in [-0.3, -0.25) is 9.59 Å². The minimum Gasteiger partial charge on any atom is -0.348 e. The Balaban J connectivity index is 1.54. The van der Waals surface area contributed by atoms with Gasteiger partial charge in [0.1, 0.15) is 5.56 Å².